The van der Waals surface area contributed by atoms with Crippen LogP contribution in [0.3, 0.4) is 0 Å². The molecule has 0 saturated carbocycles. The molecule has 0 N–H and O–H groups in total. The molecule has 1 rings (SSSR count). The van der Waals surface area contributed by atoms with E-state index >= 15 is 0 Å². The van der Waals surface area contributed by atoms with Crippen LogP contribution in [0.2, 0.25) is 0 Å². The van der Waals surface area contributed by atoms with Crippen molar-refractivity contribution in [3.8, 4) is 6.07 Å². The van der Waals surface area contributed by atoms with Gasteiger partial charge in [0, 0.05) is 25.8 Å². The maximum atomic E-state index is 8.84. The van der Waals surface area contributed by atoms with Gasteiger partial charge in [-0.15, -0.1) is 0 Å². The maximum absolute atomic E-state index is 8.84. The summed E-state index contributed by atoms with van der Waals surface area (Å²) in [5, 5.41) is 12.8. The van der Waals surface area contributed by atoms with E-state index in [0.717, 1.165) is 25.2 Å². The van der Waals surface area contributed by atoms with Crippen molar-refractivity contribution < 1.29 is 4.52 Å². The molecule has 1 aromatic rings. The third-order valence-electron chi connectivity index (χ3n) is 3.23. The van der Waals surface area contributed by atoms with Crippen LogP contribution in [-0.2, 0) is 12.8 Å². The van der Waals surface area contributed by atoms with Gasteiger partial charge < -0.3 is 9.42 Å². The van der Waals surface area contributed by atoms with Gasteiger partial charge in [0.2, 0.25) is 5.89 Å². The predicted octanol–water partition coefficient (Wildman–Crippen LogP) is 2.05. The molecule has 0 saturated heterocycles. The molecule has 5 heteroatoms. The lowest BCUT2D eigenvalue weighted by Gasteiger charge is -2.22. The van der Waals surface area contributed by atoms with E-state index in [4.69, 9.17) is 9.78 Å². The Morgan fingerprint density at radius 2 is 2.17 bits per heavy atom. The molecular formula is C13H22N4O. The van der Waals surface area contributed by atoms with Crippen molar-refractivity contribution in [3.05, 3.63) is 11.7 Å². The lowest BCUT2D eigenvalue weighted by Crippen LogP contribution is -2.18. The summed E-state index contributed by atoms with van der Waals surface area (Å²) in [6.45, 7) is 5.07. The SMILES string of the molecule is CCC(C)(CC#N)Cc1nc(CCN(C)C)no1. The molecule has 100 valence electrons. The number of nitriles is 1. The Bertz CT molecular complexity index is 407. The first kappa shape index (κ1) is 14.7. The van der Waals surface area contributed by atoms with Gasteiger partial charge in [-0.25, -0.2) is 0 Å². The van der Waals surface area contributed by atoms with Gasteiger partial charge in [-0.2, -0.15) is 10.2 Å². The molecule has 0 radical (unpaired) electrons. The Morgan fingerprint density at radius 1 is 1.44 bits per heavy atom. The highest BCUT2D eigenvalue weighted by Gasteiger charge is 2.25. The third kappa shape index (κ3) is 4.46. The van der Waals surface area contributed by atoms with E-state index in [1.165, 1.54) is 0 Å². The molecule has 0 amide bonds. The molecule has 0 fully saturated rings. The summed E-state index contributed by atoms with van der Waals surface area (Å²) in [6, 6.07) is 2.23. The number of hydrogen-bond donors (Lipinski definition) is 0. The van der Waals surface area contributed by atoms with E-state index in [0.29, 0.717) is 18.7 Å². The van der Waals surface area contributed by atoms with E-state index in [9.17, 15) is 0 Å². The first-order valence-electron chi connectivity index (χ1n) is 6.32. The van der Waals surface area contributed by atoms with Gasteiger partial charge in [-0.05, 0) is 25.9 Å². The van der Waals surface area contributed by atoms with Gasteiger partial charge in [0.15, 0.2) is 5.82 Å². The minimum atomic E-state index is -0.0693. The van der Waals surface area contributed by atoms with Gasteiger partial charge in [0.25, 0.3) is 0 Å². The van der Waals surface area contributed by atoms with Crippen molar-refractivity contribution in [1.29, 1.82) is 5.26 Å². The molecule has 5 nitrogen and oxygen atoms in total. The second kappa shape index (κ2) is 6.50. The first-order valence-corrected chi connectivity index (χ1v) is 6.32. The standard InChI is InChI=1S/C13H22N4O/c1-5-13(2,7-8-14)10-12-15-11(16-18-12)6-9-17(3)4/h5-7,9-10H2,1-4H3. The Labute approximate surface area is 109 Å². The molecule has 0 aliphatic rings. The van der Waals surface area contributed by atoms with Crippen LogP contribution in [0.15, 0.2) is 4.52 Å². The summed E-state index contributed by atoms with van der Waals surface area (Å²) in [6.07, 6.45) is 2.90. The van der Waals surface area contributed by atoms with Crippen LogP contribution in [0.4, 0.5) is 0 Å². The summed E-state index contributed by atoms with van der Waals surface area (Å²) in [5.74, 6) is 1.39. The second-order valence-corrected chi connectivity index (χ2v) is 5.33. The largest absolute Gasteiger partial charge is 0.339 e. The van der Waals surface area contributed by atoms with Crippen LogP contribution in [0.25, 0.3) is 0 Å². The Hall–Kier alpha value is -1.41. The van der Waals surface area contributed by atoms with Gasteiger partial charge in [-0.1, -0.05) is 19.0 Å². The minimum absolute atomic E-state index is 0.0693. The molecule has 1 unspecified atom stereocenters. The van der Waals surface area contributed by atoms with Gasteiger partial charge >= 0.3 is 0 Å². The van der Waals surface area contributed by atoms with Crippen LogP contribution < -0.4 is 0 Å². The van der Waals surface area contributed by atoms with Crippen LogP contribution in [0.1, 0.15) is 38.4 Å². The highest BCUT2D eigenvalue weighted by atomic mass is 16.5. The molecule has 0 aliphatic heterocycles. The topological polar surface area (TPSA) is 66.0 Å². The highest BCUT2D eigenvalue weighted by Crippen LogP contribution is 2.29. The van der Waals surface area contributed by atoms with Crippen LogP contribution in [0.5, 0.6) is 0 Å². The fraction of sp³-hybridized carbons (Fsp3) is 0.769. The predicted molar refractivity (Wildman–Crippen MR) is 68.9 cm³/mol. The number of hydrogen-bond acceptors (Lipinski definition) is 5. The summed E-state index contributed by atoms with van der Waals surface area (Å²) in [7, 11) is 4.03. The fourth-order valence-electron chi connectivity index (χ4n) is 1.66. The number of likely N-dealkylation sites (N-methyl/N-ethyl adjacent to an activating group) is 1. The monoisotopic (exact) mass is 250 g/mol. The van der Waals surface area contributed by atoms with Crippen LogP contribution in [-0.4, -0.2) is 35.7 Å². The lowest BCUT2D eigenvalue weighted by molar-refractivity contribution is 0.265. The summed E-state index contributed by atoms with van der Waals surface area (Å²) >= 11 is 0. The van der Waals surface area contributed by atoms with Crippen LogP contribution >= 0.6 is 0 Å². The van der Waals surface area contributed by atoms with Crippen molar-refractivity contribution in [1.82, 2.24) is 15.0 Å². The third-order valence-corrected chi connectivity index (χ3v) is 3.23. The Balaban J connectivity index is 2.60. The van der Waals surface area contributed by atoms with Gasteiger partial charge in [0.05, 0.1) is 6.07 Å². The van der Waals surface area contributed by atoms with Crippen molar-refractivity contribution in [2.24, 2.45) is 5.41 Å². The van der Waals surface area contributed by atoms with Gasteiger partial charge in [0.1, 0.15) is 0 Å². The average molecular weight is 250 g/mol. The Morgan fingerprint density at radius 3 is 2.72 bits per heavy atom. The zero-order valence-corrected chi connectivity index (χ0v) is 11.7. The fourth-order valence-corrected chi connectivity index (χ4v) is 1.66. The smallest absolute Gasteiger partial charge is 0.227 e. The molecule has 18 heavy (non-hydrogen) atoms. The van der Waals surface area contributed by atoms with Gasteiger partial charge in [-0.3, -0.25) is 0 Å². The lowest BCUT2D eigenvalue weighted by atomic mass is 9.81. The second-order valence-electron chi connectivity index (χ2n) is 5.33. The summed E-state index contributed by atoms with van der Waals surface area (Å²) in [4.78, 5) is 6.47. The number of nitrogens with zero attached hydrogens (tertiary/aromatic N) is 4. The summed E-state index contributed by atoms with van der Waals surface area (Å²) in [5.41, 5.74) is -0.0693. The van der Waals surface area contributed by atoms with Crippen molar-refractivity contribution >= 4 is 0 Å². The number of aromatic nitrogens is 2. The molecule has 0 spiro atoms. The molecule has 1 heterocycles. The maximum Gasteiger partial charge on any atom is 0.227 e. The summed E-state index contributed by atoms with van der Waals surface area (Å²) < 4.78 is 5.25. The van der Waals surface area contributed by atoms with Crippen molar-refractivity contribution in [2.45, 2.75) is 39.5 Å². The first-order chi connectivity index (χ1) is 8.49. The molecule has 1 atom stereocenters. The molecule has 1 aromatic heterocycles. The van der Waals surface area contributed by atoms with Crippen molar-refractivity contribution in [3.63, 3.8) is 0 Å². The Kier molecular flexibility index (Phi) is 5.29. The van der Waals surface area contributed by atoms with E-state index in [-0.39, 0.29) is 5.41 Å². The molecule has 0 aliphatic carbocycles. The normalized spacial score (nSPS) is 14.4. The van der Waals surface area contributed by atoms with E-state index in [2.05, 4.69) is 35.0 Å². The van der Waals surface area contributed by atoms with E-state index in [1.54, 1.807) is 0 Å². The zero-order chi connectivity index (χ0) is 13.6. The quantitative estimate of drug-likeness (QED) is 0.741. The molecular weight excluding hydrogens is 228 g/mol. The van der Waals surface area contributed by atoms with Crippen molar-refractivity contribution in [2.75, 3.05) is 20.6 Å². The highest BCUT2D eigenvalue weighted by molar-refractivity contribution is 4.95. The average Bonchev–Trinajstić information content (AvgIpc) is 2.74. The minimum Gasteiger partial charge on any atom is -0.339 e. The van der Waals surface area contributed by atoms with E-state index in [1.807, 2.05) is 14.1 Å². The number of rotatable bonds is 7. The van der Waals surface area contributed by atoms with Crippen LogP contribution in [0, 0.1) is 16.7 Å². The molecule has 0 bridgehead atoms. The van der Waals surface area contributed by atoms with E-state index < -0.39 is 0 Å². The zero-order valence-electron chi connectivity index (χ0n) is 11.7. The molecule has 0 aromatic carbocycles.